The minimum Gasteiger partial charge on any atom is -0.396 e. The zero-order chi connectivity index (χ0) is 23.7. The van der Waals surface area contributed by atoms with Crippen molar-refractivity contribution in [2.45, 2.75) is 25.5 Å². The van der Waals surface area contributed by atoms with E-state index in [1.165, 1.54) is 0 Å². The predicted molar refractivity (Wildman–Crippen MR) is 127 cm³/mol. The second-order valence-electron chi connectivity index (χ2n) is 9.27. The van der Waals surface area contributed by atoms with Crippen molar-refractivity contribution in [3.63, 3.8) is 0 Å². The Labute approximate surface area is 199 Å². The molecule has 1 aliphatic heterocycles. The number of likely N-dealkylation sites (tertiary alicyclic amines) is 1. The van der Waals surface area contributed by atoms with Crippen LogP contribution in [0.2, 0.25) is 0 Å². The Morgan fingerprint density at radius 3 is 2.68 bits per heavy atom. The van der Waals surface area contributed by atoms with Crippen LogP contribution in [-0.4, -0.2) is 62.6 Å². The van der Waals surface area contributed by atoms with E-state index in [-0.39, 0.29) is 12.6 Å². The van der Waals surface area contributed by atoms with E-state index in [1.807, 2.05) is 34.9 Å². The van der Waals surface area contributed by atoms with Crippen molar-refractivity contribution >= 4 is 0 Å². The SMILES string of the molecule is C[C@H](O)c1nccn1[C@H](CN)c1cc(-c2ccc(C#CC3C4CN(CCCO)CC34)cc2)on1. The van der Waals surface area contributed by atoms with Gasteiger partial charge in [0, 0.05) is 68.3 Å². The first kappa shape index (κ1) is 22.8. The molecule has 0 radical (unpaired) electrons. The highest BCUT2D eigenvalue weighted by Gasteiger charge is 2.54. The Hall–Kier alpha value is -2.96. The van der Waals surface area contributed by atoms with E-state index in [1.54, 1.807) is 19.3 Å². The van der Waals surface area contributed by atoms with Crippen molar-refractivity contribution < 1.29 is 14.7 Å². The zero-order valence-electron chi connectivity index (χ0n) is 19.3. The fraction of sp³-hybridized carbons (Fsp3) is 0.462. The Balaban J connectivity index is 1.23. The number of hydrogen-bond acceptors (Lipinski definition) is 7. The van der Waals surface area contributed by atoms with Crippen LogP contribution in [-0.2, 0) is 0 Å². The molecule has 8 heteroatoms. The summed E-state index contributed by atoms with van der Waals surface area (Å²) in [7, 11) is 0. The summed E-state index contributed by atoms with van der Waals surface area (Å²) in [5.74, 6) is 9.89. The van der Waals surface area contributed by atoms with E-state index >= 15 is 0 Å². The summed E-state index contributed by atoms with van der Waals surface area (Å²) in [5.41, 5.74) is 8.62. The van der Waals surface area contributed by atoms with Gasteiger partial charge in [-0.3, -0.25) is 0 Å². The molecule has 2 aromatic heterocycles. The highest BCUT2D eigenvalue weighted by atomic mass is 16.5. The van der Waals surface area contributed by atoms with Gasteiger partial charge in [0.1, 0.15) is 17.6 Å². The van der Waals surface area contributed by atoms with Gasteiger partial charge in [0.25, 0.3) is 0 Å². The standard InChI is InChI=1S/C26H31N5O3/c1-17(33)26-28-9-11-31(26)24(14-27)23-13-25(34-29-23)19-6-3-18(4-7-19)5-8-20-21-15-30(10-2-12-32)16-22(20)21/h3-4,6-7,9,11,13,17,20-22,24,32-33H,2,10,12,14-16,27H2,1H3/t17-,20?,21?,22?,24+/m0/s1. The summed E-state index contributed by atoms with van der Waals surface area (Å²) < 4.78 is 7.45. The lowest BCUT2D eigenvalue weighted by Gasteiger charge is -2.17. The number of aromatic nitrogens is 3. The van der Waals surface area contributed by atoms with Crippen LogP contribution in [0.1, 0.15) is 42.6 Å². The molecule has 1 aromatic carbocycles. The number of fused-ring (bicyclic) bond motifs is 1. The average Bonchev–Trinajstić information content (AvgIpc) is 3.35. The lowest BCUT2D eigenvalue weighted by atomic mass is 10.1. The molecule has 0 amide bonds. The largest absolute Gasteiger partial charge is 0.396 e. The molecule has 4 N–H and O–H groups in total. The highest BCUT2D eigenvalue weighted by molar-refractivity contribution is 5.59. The number of rotatable bonds is 8. The molecule has 2 unspecified atom stereocenters. The zero-order valence-corrected chi connectivity index (χ0v) is 19.3. The van der Waals surface area contributed by atoms with Gasteiger partial charge in [-0.2, -0.15) is 0 Å². The lowest BCUT2D eigenvalue weighted by Crippen LogP contribution is -2.26. The second-order valence-corrected chi connectivity index (χ2v) is 9.27. The lowest BCUT2D eigenvalue weighted by molar-refractivity contribution is 0.182. The Morgan fingerprint density at radius 2 is 2.00 bits per heavy atom. The number of benzene rings is 1. The van der Waals surface area contributed by atoms with E-state index in [2.05, 4.69) is 26.9 Å². The van der Waals surface area contributed by atoms with Crippen molar-refractivity contribution in [2.24, 2.45) is 23.5 Å². The number of imidazole rings is 1. The molecular weight excluding hydrogens is 430 g/mol. The van der Waals surface area contributed by atoms with Crippen LogP contribution in [0.25, 0.3) is 11.3 Å². The number of aliphatic hydroxyl groups excluding tert-OH is 2. The Kier molecular flexibility index (Phi) is 6.53. The summed E-state index contributed by atoms with van der Waals surface area (Å²) in [6, 6.07) is 9.63. The van der Waals surface area contributed by atoms with Crippen LogP contribution in [0.4, 0.5) is 0 Å². The van der Waals surface area contributed by atoms with Gasteiger partial charge in [-0.15, -0.1) is 0 Å². The van der Waals surface area contributed by atoms with E-state index < -0.39 is 6.10 Å². The molecule has 178 valence electrons. The van der Waals surface area contributed by atoms with Crippen LogP contribution in [0.3, 0.4) is 0 Å². The molecular formula is C26H31N5O3. The number of hydrogen-bond donors (Lipinski definition) is 3. The third kappa shape index (κ3) is 4.52. The quantitative estimate of drug-likeness (QED) is 0.440. The first-order valence-electron chi connectivity index (χ1n) is 11.9. The molecule has 3 aromatic rings. The molecule has 1 saturated heterocycles. The van der Waals surface area contributed by atoms with Crippen LogP contribution in [0.5, 0.6) is 0 Å². The molecule has 3 heterocycles. The molecule has 5 rings (SSSR count). The predicted octanol–water partition coefficient (Wildman–Crippen LogP) is 2.05. The van der Waals surface area contributed by atoms with Crippen molar-refractivity contribution in [2.75, 3.05) is 32.8 Å². The monoisotopic (exact) mass is 461 g/mol. The van der Waals surface area contributed by atoms with Crippen LogP contribution >= 0.6 is 0 Å². The number of piperidine rings is 1. The van der Waals surface area contributed by atoms with Crippen molar-refractivity contribution in [3.8, 4) is 23.2 Å². The minimum atomic E-state index is -0.704. The fourth-order valence-electron chi connectivity index (χ4n) is 5.06. The van der Waals surface area contributed by atoms with Gasteiger partial charge in [0.2, 0.25) is 0 Å². The van der Waals surface area contributed by atoms with E-state index in [0.29, 0.717) is 41.6 Å². The van der Waals surface area contributed by atoms with Crippen molar-refractivity contribution in [1.29, 1.82) is 0 Å². The summed E-state index contributed by atoms with van der Waals surface area (Å²) in [5, 5.41) is 23.2. The van der Waals surface area contributed by atoms with Crippen molar-refractivity contribution in [3.05, 3.63) is 59.8 Å². The van der Waals surface area contributed by atoms with Crippen LogP contribution < -0.4 is 5.73 Å². The molecule has 2 aliphatic rings. The molecule has 0 spiro atoms. The molecule has 2 fully saturated rings. The van der Waals surface area contributed by atoms with Gasteiger partial charge in [0.05, 0.1) is 6.04 Å². The molecule has 1 saturated carbocycles. The average molecular weight is 462 g/mol. The summed E-state index contributed by atoms with van der Waals surface area (Å²) in [6.07, 6.45) is 3.59. The summed E-state index contributed by atoms with van der Waals surface area (Å²) in [6.45, 7) is 5.46. The van der Waals surface area contributed by atoms with E-state index in [4.69, 9.17) is 15.4 Å². The first-order valence-corrected chi connectivity index (χ1v) is 11.9. The van der Waals surface area contributed by atoms with Gasteiger partial charge in [-0.25, -0.2) is 4.98 Å². The maximum absolute atomic E-state index is 9.98. The third-order valence-corrected chi connectivity index (χ3v) is 6.96. The van der Waals surface area contributed by atoms with E-state index in [0.717, 1.165) is 37.2 Å². The van der Waals surface area contributed by atoms with Gasteiger partial charge < -0.3 is 29.9 Å². The van der Waals surface area contributed by atoms with Gasteiger partial charge in [0.15, 0.2) is 5.76 Å². The Morgan fingerprint density at radius 1 is 1.24 bits per heavy atom. The minimum absolute atomic E-state index is 0.266. The summed E-state index contributed by atoms with van der Waals surface area (Å²) >= 11 is 0. The van der Waals surface area contributed by atoms with Gasteiger partial charge in [-0.05, 0) is 49.4 Å². The maximum Gasteiger partial charge on any atom is 0.167 e. The molecule has 1 aliphatic carbocycles. The van der Waals surface area contributed by atoms with Gasteiger partial charge >= 0.3 is 0 Å². The fourth-order valence-corrected chi connectivity index (χ4v) is 5.06. The topological polar surface area (TPSA) is 114 Å². The first-order chi connectivity index (χ1) is 16.6. The molecule has 8 nitrogen and oxygen atoms in total. The van der Waals surface area contributed by atoms with Crippen molar-refractivity contribution in [1.82, 2.24) is 19.6 Å². The second kappa shape index (κ2) is 9.72. The number of nitrogens with two attached hydrogens (primary N) is 1. The number of nitrogens with zero attached hydrogens (tertiary/aromatic N) is 4. The number of aliphatic hydroxyl groups is 2. The maximum atomic E-state index is 9.98. The molecule has 0 bridgehead atoms. The van der Waals surface area contributed by atoms with Crippen LogP contribution in [0.15, 0.2) is 47.2 Å². The normalized spacial score (nSPS) is 23.2. The third-order valence-electron chi connectivity index (χ3n) is 6.96. The Bertz CT molecular complexity index is 1160. The molecule has 4 atom stereocenters. The highest BCUT2D eigenvalue weighted by Crippen LogP contribution is 2.51. The smallest absolute Gasteiger partial charge is 0.167 e. The van der Waals surface area contributed by atoms with E-state index in [9.17, 15) is 5.11 Å². The van der Waals surface area contributed by atoms with Crippen LogP contribution in [0, 0.1) is 29.6 Å². The molecule has 34 heavy (non-hydrogen) atoms. The summed E-state index contributed by atoms with van der Waals surface area (Å²) in [4.78, 5) is 6.67. The van der Waals surface area contributed by atoms with Gasteiger partial charge in [-0.1, -0.05) is 17.0 Å².